The van der Waals surface area contributed by atoms with Gasteiger partial charge in [-0.15, -0.1) is 4.57 Å². The van der Waals surface area contributed by atoms with E-state index in [4.69, 9.17) is 0 Å². The Kier molecular flexibility index (Phi) is 6.79. The van der Waals surface area contributed by atoms with Crippen LogP contribution in [0.5, 0.6) is 5.88 Å². The summed E-state index contributed by atoms with van der Waals surface area (Å²) in [7, 11) is -4.17. The molecule has 1 aromatic carbocycles. The van der Waals surface area contributed by atoms with Gasteiger partial charge in [0, 0.05) is 11.5 Å². The van der Waals surface area contributed by atoms with E-state index in [9.17, 15) is 18.1 Å². The minimum Gasteiger partial charge on any atom is -0.748 e. The smallest absolute Gasteiger partial charge is 0.386 e. The molecule has 1 N–H and O–H groups in total. The predicted octanol–water partition coefficient (Wildman–Crippen LogP) is 2.54. The van der Waals surface area contributed by atoms with E-state index in [0.29, 0.717) is 17.2 Å². The molecular weight excluding hydrogens is 368 g/mol. The van der Waals surface area contributed by atoms with Gasteiger partial charge in [0.1, 0.15) is 0 Å². The maximum absolute atomic E-state index is 10.6. The number of thiazole rings is 1. The summed E-state index contributed by atoms with van der Waals surface area (Å²) in [6.45, 7) is 2.50. The highest BCUT2D eigenvalue weighted by Gasteiger charge is 2.24. The molecule has 0 fully saturated rings. The lowest BCUT2D eigenvalue weighted by Crippen LogP contribution is -2.32. The highest BCUT2D eigenvalue weighted by atomic mass is 32.2. The van der Waals surface area contributed by atoms with Crippen molar-refractivity contribution < 1.29 is 22.6 Å². The highest BCUT2D eigenvalue weighted by molar-refractivity contribution is 8.00. The lowest BCUT2D eigenvalue weighted by Gasteiger charge is -2.04. The maximum atomic E-state index is 10.6. The Morgan fingerprint density at radius 2 is 2.08 bits per heavy atom. The molecule has 6 nitrogen and oxygen atoms in total. The largest absolute Gasteiger partial charge is 0.748 e. The van der Waals surface area contributed by atoms with E-state index in [1.165, 1.54) is 23.1 Å². The summed E-state index contributed by atoms with van der Waals surface area (Å²) in [5.74, 6) is 0.267. The van der Waals surface area contributed by atoms with Crippen molar-refractivity contribution in [2.45, 2.75) is 24.2 Å². The first-order valence-corrected chi connectivity index (χ1v) is 10.7. The zero-order chi connectivity index (χ0) is 17.6. The molecular formula is C15H18N2O4S3. The molecule has 0 bridgehead atoms. The highest BCUT2D eigenvalue weighted by Crippen LogP contribution is 2.29. The van der Waals surface area contributed by atoms with Gasteiger partial charge in [-0.25, -0.2) is 8.42 Å². The Hall–Kier alpha value is -1.42. The van der Waals surface area contributed by atoms with Crippen LogP contribution in [0.2, 0.25) is 0 Å². The van der Waals surface area contributed by atoms with Crippen LogP contribution in [0.15, 0.2) is 39.7 Å². The summed E-state index contributed by atoms with van der Waals surface area (Å²) in [5.41, 5.74) is 0.795. The van der Waals surface area contributed by atoms with Crippen molar-refractivity contribution >= 4 is 45.1 Å². The predicted molar refractivity (Wildman–Crippen MR) is 95.5 cm³/mol. The molecule has 0 aliphatic carbocycles. The molecule has 0 atom stereocenters. The number of aromatic nitrogens is 1. The van der Waals surface area contributed by atoms with Crippen molar-refractivity contribution in [1.82, 2.24) is 0 Å². The van der Waals surface area contributed by atoms with Crippen LogP contribution in [0, 0.1) is 0 Å². The number of aromatic hydroxyl groups is 1. The average Bonchev–Trinajstić information content (AvgIpc) is 2.85. The van der Waals surface area contributed by atoms with Gasteiger partial charge in [-0.2, -0.15) is 0 Å². The third kappa shape index (κ3) is 5.59. The van der Waals surface area contributed by atoms with Gasteiger partial charge in [-0.1, -0.05) is 18.2 Å². The Balaban J connectivity index is 2.08. The van der Waals surface area contributed by atoms with Crippen molar-refractivity contribution in [3.05, 3.63) is 35.2 Å². The van der Waals surface area contributed by atoms with Crippen molar-refractivity contribution in [2.75, 3.05) is 11.5 Å². The summed E-state index contributed by atoms with van der Waals surface area (Å²) >= 11 is 2.81. The first-order chi connectivity index (χ1) is 11.4. The monoisotopic (exact) mass is 386 g/mol. The summed E-state index contributed by atoms with van der Waals surface area (Å²) in [6, 6.07) is 9.42. The van der Waals surface area contributed by atoms with E-state index in [-0.39, 0.29) is 18.1 Å². The molecule has 0 radical (unpaired) electrons. The van der Waals surface area contributed by atoms with Crippen molar-refractivity contribution in [3.63, 3.8) is 0 Å². The molecule has 1 aromatic heterocycles. The molecule has 2 rings (SSSR count). The number of thioether (sulfide) groups is 1. The SMILES string of the molecule is CC[n+]1c(SCCCS(=O)(=O)[O-])sc(C=Nc2ccccc2)c1O. The molecule has 0 saturated heterocycles. The topological polar surface area (TPSA) is 93.7 Å². The molecule has 0 amide bonds. The van der Waals surface area contributed by atoms with Crippen LogP contribution < -0.4 is 4.57 Å². The van der Waals surface area contributed by atoms with Crippen LogP contribution in [0.3, 0.4) is 0 Å². The molecule has 1 heterocycles. The number of hydrogen-bond acceptors (Lipinski definition) is 7. The fourth-order valence-electron chi connectivity index (χ4n) is 1.93. The van der Waals surface area contributed by atoms with E-state index in [1.54, 1.807) is 10.8 Å². The number of para-hydroxylation sites is 1. The second kappa shape index (κ2) is 8.61. The van der Waals surface area contributed by atoms with E-state index >= 15 is 0 Å². The van der Waals surface area contributed by atoms with Gasteiger partial charge in [0.15, 0.2) is 11.4 Å². The van der Waals surface area contributed by atoms with Gasteiger partial charge < -0.3 is 9.66 Å². The fourth-order valence-corrected chi connectivity index (χ4v) is 5.02. The van der Waals surface area contributed by atoms with Crippen LogP contribution in [-0.4, -0.2) is 35.8 Å². The van der Waals surface area contributed by atoms with Gasteiger partial charge in [-0.3, -0.25) is 4.99 Å². The molecule has 2 aromatic rings. The molecule has 0 unspecified atom stereocenters. The Morgan fingerprint density at radius 3 is 2.71 bits per heavy atom. The van der Waals surface area contributed by atoms with Gasteiger partial charge >= 0.3 is 10.2 Å². The molecule has 9 heteroatoms. The zero-order valence-electron chi connectivity index (χ0n) is 13.1. The Labute approximate surface area is 149 Å². The molecule has 0 saturated carbocycles. The van der Waals surface area contributed by atoms with Crippen molar-refractivity contribution in [1.29, 1.82) is 0 Å². The zero-order valence-corrected chi connectivity index (χ0v) is 15.5. The van der Waals surface area contributed by atoms with E-state index < -0.39 is 10.1 Å². The summed E-state index contributed by atoms with van der Waals surface area (Å²) < 4.78 is 34.5. The van der Waals surface area contributed by atoms with Crippen LogP contribution in [0.4, 0.5) is 5.69 Å². The third-order valence-corrected chi connectivity index (χ3v) is 6.32. The van der Waals surface area contributed by atoms with Crippen LogP contribution in [-0.2, 0) is 16.7 Å². The number of nitrogens with zero attached hydrogens (tertiary/aromatic N) is 2. The fraction of sp³-hybridized carbons (Fsp3) is 0.333. The third-order valence-electron chi connectivity index (χ3n) is 3.06. The van der Waals surface area contributed by atoms with Crippen LogP contribution in [0.25, 0.3) is 0 Å². The van der Waals surface area contributed by atoms with Gasteiger partial charge in [-0.05, 0) is 48.6 Å². The lowest BCUT2D eigenvalue weighted by atomic mass is 10.3. The number of rotatable bonds is 8. The molecule has 0 aliphatic rings. The Morgan fingerprint density at radius 1 is 1.38 bits per heavy atom. The van der Waals surface area contributed by atoms with E-state index in [2.05, 4.69) is 4.99 Å². The quantitative estimate of drug-likeness (QED) is 0.247. The van der Waals surface area contributed by atoms with Crippen LogP contribution in [0.1, 0.15) is 18.2 Å². The number of benzene rings is 1. The summed E-state index contributed by atoms with van der Waals surface area (Å²) in [4.78, 5) is 4.98. The van der Waals surface area contributed by atoms with Gasteiger partial charge in [0.05, 0.1) is 22.0 Å². The maximum Gasteiger partial charge on any atom is 0.386 e. The lowest BCUT2D eigenvalue weighted by molar-refractivity contribution is -0.728. The normalized spacial score (nSPS) is 12.1. The second-order valence-electron chi connectivity index (χ2n) is 4.86. The first-order valence-electron chi connectivity index (χ1n) is 7.32. The van der Waals surface area contributed by atoms with Gasteiger partial charge in [0.25, 0.3) is 0 Å². The minimum absolute atomic E-state index is 0.140. The molecule has 24 heavy (non-hydrogen) atoms. The summed E-state index contributed by atoms with van der Waals surface area (Å²) in [6.07, 6.45) is 1.90. The summed E-state index contributed by atoms with van der Waals surface area (Å²) in [5, 5.41) is 10.3. The van der Waals surface area contributed by atoms with E-state index in [1.807, 2.05) is 37.3 Å². The number of aliphatic imine (C=N–C) groups is 1. The minimum atomic E-state index is -4.17. The first kappa shape index (κ1) is 18.9. The van der Waals surface area contributed by atoms with Crippen molar-refractivity contribution in [3.8, 4) is 5.88 Å². The molecule has 0 spiro atoms. The Bertz CT molecular complexity index is 802. The van der Waals surface area contributed by atoms with Crippen molar-refractivity contribution in [2.24, 2.45) is 4.99 Å². The van der Waals surface area contributed by atoms with Crippen LogP contribution >= 0.6 is 23.1 Å². The molecule has 130 valence electrons. The number of hydrogen-bond donors (Lipinski definition) is 1. The average molecular weight is 387 g/mol. The second-order valence-corrected chi connectivity index (χ2v) is 8.75. The van der Waals surface area contributed by atoms with Gasteiger partial charge in [0.2, 0.25) is 0 Å². The van der Waals surface area contributed by atoms with E-state index in [0.717, 1.165) is 10.0 Å². The standard InChI is InChI=1S/C15H18N2O4S3/c1-2-17-14(18)13(11-16-12-7-4-3-5-8-12)23-15(17)22-9-6-10-24(19,20)21/h3-5,7-8,11H,2,6,9-10H2,1H3,(H-,16,18,19,20,21). The molecule has 0 aliphatic heterocycles.